The van der Waals surface area contributed by atoms with Crippen molar-refractivity contribution in [2.75, 3.05) is 13.2 Å². The van der Waals surface area contributed by atoms with Gasteiger partial charge in [-0.25, -0.2) is 0 Å². The van der Waals surface area contributed by atoms with Gasteiger partial charge < -0.3 is 19.9 Å². The normalized spacial score (nSPS) is 24.4. The second-order valence-corrected chi connectivity index (χ2v) is 4.97. The molecule has 0 radical (unpaired) electrons. The van der Waals surface area contributed by atoms with E-state index in [2.05, 4.69) is 0 Å². The van der Waals surface area contributed by atoms with Crippen LogP contribution in [0.1, 0.15) is 19.3 Å². The van der Waals surface area contributed by atoms with Crippen molar-refractivity contribution in [1.29, 1.82) is 0 Å². The van der Waals surface area contributed by atoms with Crippen LogP contribution in [0.15, 0.2) is 12.1 Å². The average molecular weight is 280 g/mol. The Bertz CT molecular complexity index is 534. The van der Waals surface area contributed by atoms with Gasteiger partial charge in [-0.05, 0) is 19.3 Å². The topological polar surface area (TPSA) is 96.9 Å². The number of ether oxygens (including phenoxy) is 3. The molecule has 1 heterocycles. The molecule has 0 amide bonds. The van der Waals surface area contributed by atoms with E-state index in [0.717, 1.165) is 19.3 Å². The molecule has 1 aromatic rings. The summed E-state index contributed by atoms with van der Waals surface area (Å²) in [4.78, 5) is 10.7. The van der Waals surface area contributed by atoms with Gasteiger partial charge in [0.25, 0.3) is 0 Å². The van der Waals surface area contributed by atoms with Crippen molar-refractivity contribution in [2.45, 2.75) is 31.4 Å². The van der Waals surface area contributed by atoms with Crippen molar-refractivity contribution in [3.05, 3.63) is 22.2 Å². The smallest absolute Gasteiger partial charge is 0.314 e. The molecule has 20 heavy (non-hydrogen) atoms. The minimum Gasteiger partial charge on any atom is -0.486 e. The van der Waals surface area contributed by atoms with Crippen molar-refractivity contribution in [3.8, 4) is 17.2 Å². The lowest BCUT2D eigenvalue weighted by molar-refractivity contribution is -0.386. The Morgan fingerprint density at radius 3 is 2.55 bits per heavy atom. The van der Waals surface area contributed by atoms with Gasteiger partial charge in [-0.1, -0.05) is 0 Å². The largest absolute Gasteiger partial charge is 0.486 e. The van der Waals surface area contributed by atoms with Crippen LogP contribution < -0.4 is 19.9 Å². The minimum atomic E-state index is -0.478. The summed E-state index contributed by atoms with van der Waals surface area (Å²) in [5.74, 6) is 1.05. The van der Waals surface area contributed by atoms with Crippen LogP contribution in [-0.4, -0.2) is 30.3 Å². The van der Waals surface area contributed by atoms with Crippen LogP contribution in [0.2, 0.25) is 0 Å². The highest BCUT2D eigenvalue weighted by molar-refractivity contribution is 5.58. The molecule has 2 aliphatic rings. The number of hydrogen-bond acceptors (Lipinski definition) is 6. The predicted molar refractivity (Wildman–Crippen MR) is 70.3 cm³/mol. The molecule has 1 aliphatic heterocycles. The summed E-state index contributed by atoms with van der Waals surface area (Å²) < 4.78 is 16.5. The number of nitro benzene ring substituents is 1. The molecule has 1 aliphatic carbocycles. The van der Waals surface area contributed by atoms with E-state index in [4.69, 9.17) is 19.9 Å². The first-order valence-corrected chi connectivity index (χ1v) is 6.65. The monoisotopic (exact) mass is 280 g/mol. The summed E-state index contributed by atoms with van der Waals surface area (Å²) in [5.41, 5.74) is 5.82. The Morgan fingerprint density at radius 1 is 1.25 bits per heavy atom. The lowest BCUT2D eigenvalue weighted by atomic mass is 10.2. The zero-order chi connectivity index (χ0) is 14.1. The highest BCUT2D eigenvalue weighted by Gasteiger charge is 2.30. The second kappa shape index (κ2) is 5.16. The summed E-state index contributed by atoms with van der Waals surface area (Å²) in [6.07, 6.45) is 2.48. The number of fused-ring (bicyclic) bond motifs is 1. The Morgan fingerprint density at radius 2 is 1.95 bits per heavy atom. The molecule has 108 valence electrons. The quantitative estimate of drug-likeness (QED) is 0.667. The van der Waals surface area contributed by atoms with Crippen LogP contribution in [0.4, 0.5) is 5.69 Å². The SMILES string of the molecule is NC1CCCC1Oc1cc2c(cc1[N+](=O)[O-])OCCO2. The van der Waals surface area contributed by atoms with Crippen LogP contribution >= 0.6 is 0 Å². The molecule has 3 rings (SSSR count). The molecule has 2 N–H and O–H groups in total. The summed E-state index contributed by atoms with van der Waals surface area (Å²) in [6, 6.07) is 2.80. The van der Waals surface area contributed by atoms with E-state index in [1.807, 2.05) is 0 Å². The molecule has 2 unspecified atom stereocenters. The molecule has 7 nitrogen and oxygen atoms in total. The molecule has 0 spiro atoms. The first kappa shape index (κ1) is 13.0. The molecular formula is C13H16N2O5. The maximum absolute atomic E-state index is 11.2. The van der Waals surface area contributed by atoms with Crippen molar-refractivity contribution in [1.82, 2.24) is 0 Å². The lowest BCUT2D eigenvalue weighted by Gasteiger charge is -2.21. The van der Waals surface area contributed by atoms with E-state index in [9.17, 15) is 10.1 Å². The van der Waals surface area contributed by atoms with E-state index in [1.165, 1.54) is 12.1 Å². The van der Waals surface area contributed by atoms with Gasteiger partial charge in [-0.3, -0.25) is 10.1 Å². The fourth-order valence-electron chi connectivity index (χ4n) is 2.56. The van der Waals surface area contributed by atoms with Gasteiger partial charge in [0.2, 0.25) is 5.75 Å². The Labute approximate surface area is 115 Å². The second-order valence-electron chi connectivity index (χ2n) is 4.97. The zero-order valence-electron chi connectivity index (χ0n) is 10.9. The third-order valence-electron chi connectivity index (χ3n) is 3.60. The van der Waals surface area contributed by atoms with Crippen LogP contribution in [0.25, 0.3) is 0 Å². The van der Waals surface area contributed by atoms with E-state index in [-0.39, 0.29) is 23.6 Å². The highest BCUT2D eigenvalue weighted by Crippen LogP contribution is 2.41. The summed E-state index contributed by atoms with van der Waals surface area (Å²) in [6.45, 7) is 0.811. The molecule has 2 atom stereocenters. The summed E-state index contributed by atoms with van der Waals surface area (Å²) >= 11 is 0. The average Bonchev–Trinajstić information content (AvgIpc) is 2.83. The molecule has 1 aromatic carbocycles. The molecular weight excluding hydrogens is 264 g/mol. The van der Waals surface area contributed by atoms with Gasteiger partial charge >= 0.3 is 5.69 Å². The maximum Gasteiger partial charge on any atom is 0.314 e. The van der Waals surface area contributed by atoms with Crippen LogP contribution in [-0.2, 0) is 0 Å². The van der Waals surface area contributed by atoms with E-state index < -0.39 is 4.92 Å². The van der Waals surface area contributed by atoms with E-state index in [1.54, 1.807) is 0 Å². The van der Waals surface area contributed by atoms with Crippen LogP contribution in [0, 0.1) is 10.1 Å². The molecule has 0 bridgehead atoms. The minimum absolute atomic E-state index is 0.0807. The van der Waals surface area contributed by atoms with E-state index in [0.29, 0.717) is 24.7 Å². The van der Waals surface area contributed by atoms with Crippen molar-refractivity contribution < 1.29 is 19.1 Å². The van der Waals surface area contributed by atoms with E-state index >= 15 is 0 Å². The zero-order valence-corrected chi connectivity index (χ0v) is 10.9. The molecule has 7 heteroatoms. The number of hydrogen-bond donors (Lipinski definition) is 1. The third-order valence-corrected chi connectivity index (χ3v) is 3.60. The van der Waals surface area contributed by atoms with Crippen LogP contribution in [0.5, 0.6) is 17.2 Å². The Hall–Kier alpha value is -2.02. The molecule has 1 saturated carbocycles. The first-order valence-electron chi connectivity index (χ1n) is 6.65. The predicted octanol–water partition coefficient (Wildman–Crippen LogP) is 1.62. The third kappa shape index (κ3) is 2.36. The summed E-state index contributed by atoms with van der Waals surface area (Å²) in [5, 5.41) is 11.2. The van der Waals surface area contributed by atoms with Crippen LogP contribution in [0.3, 0.4) is 0 Å². The fourth-order valence-corrected chi connectivity index (χ4v) is 2.56. The molecule has 1 fully saturated rings. The number of nitrogens with two attached hydrogens (primary N) is 1. The molecule has 0 aromatic heterocycles. The lowest BCUT2D eigenvalue weighted by Crippen LogP contribution is -2.33. The summed E-state index contributed by atoms with van der Waals surface area (Å²) in [7, 11) is 0. The van der Waals surface area contributed by atoms with Gasteiger partial charge in [0.15, 0.2) is 11.5 Å². The van der Waals surface area contributed by atoms with Gasteiger partial charge in [0.1, 0.15) is 19.3 Å². The van der Waals surface area contributed by atoms with Crippen molar-refractivity contribution in [2.24, 2.45) is 5.73 Å². The van der Waals surface area contributed by atoms with Gasteiger partial charge in [-0.15, -0.1) is 0 Å². The Balaban J connectivity index is 1.93. The number of benzene rings is 1. The number of nitro groups is 1. The Kier molecular flexibility index (Phi) is 3.35. The van der Waals surface area contributed by atoms with Crippen molar-refractivity contribution >= 4 is 5.69 Å². The fraction of sp³-hybridized carbons (Fsp3) is 0.538. The first-order chi connectivity index (χ1) is 9.65. The highest BCUT2D eigenvalue weighted by atomic mass is 16.6. The van der Waals surface area contributed by atoms with Gasteiger partial charge in [-0.2, -0.15) is 0 Å². The van der Waals surface area contributed by atoms with Crippen molar-refractivity contribution in [3.63, 3.8) is 0 Å². The number of rotatable bonds is 3. The molecule has 0 saturated heterocycles. The number of nitrogens with zero attached hydrogens (tertiary/aromatic N) is 1. The standard InChI is InChI=1S/C13H16N2O5/c14-8-2-1-3-10(8)20-11-7-13-12(18-4-5-19-13)6-9(11)15(16)17/h6-8,10H,1-5,14H2. The van der Waals surface area contributed by atoms with Gasteiger partial charge in [0.05, 0.1) is 11.0 Å². The van der Waals surface area contributed by atoms with Gasteiger partial charge in [0, 0.05) is 12.1 Å². The maximum atomic E-state index is 11.2.